The Morgan fingerprint density at radius 3 is 2.93 bits per heavy atom. The molecule has 1 aromatic carbocycles. The van der Waals surface area contributed by atoms with Gasteiger partial charge in [0.1, 0.15) is 5.75 Å². The quantitative estimate of drug-likeness (QED) is 0.752. The van der Waals surface area contributed by atoms with Crippen LogP contribution < -0.4 is 15.8 Å². The maximum atomic E-state index is 5.65. The van der Waals surface area contributed by atoms with Crippen molar-refractivity contribution in [2.45, 2.75) is 19.4 Å². The zero-order valence-corrected chi connectivity index (χ0v) is 8.79. The van der Waals surface area contributed by atoms with Crippen LogP contribution in [-0.2, 0) is 0 Å². The van der Waals surface area contributed by atoms with Gasteiger partial charge in [0.2, 0.25) is 0 Å². The molecule has 1 aromatic rings. The molecule has 3 nitrogen and oxygen atoms in total. The van der Waals surface area contributed by atoms with E-state index >= 15 is 0 Å². The maximum absolute atomic E-state index is 5.65. The van der Waals surface area contributed by atoms with Gasteiger partial charge in [-0.25, -0.2) is 0 Å². The summed E-state index contributed by atoms with van der Waals surface area (Å²) in [6.45, 7) is 2.90. The number of ether oxygens (including phenoxy) is 1. The fraction of sp³-hybridized carbons (Fsp3) is 0.455. The summed E-state index contributed by atoms with van der Waals surface area (Å²) < 4.78 is 5.12. The first-order valence-corrected chi connectivity index (χ1v) is 4.86. The van der Waals surface area contributed by atoms with Crippen molar-refractivity contribution in [3.8, 4) is 5.75 Å². The number of rotatable bonds is 5. The van der Waals surface area contributed by atoms with E-state index < -0.39 is 0 Å². The van der Waals surface area contributed by atoms with E-state index in [1.165, 1.54) is 0 Å². The molecule has 0 saturated heterocycles. The largest absolute Gasteiger partial charge is 0.497 e. The Morgan fingerprint density at radius 1 is 1.50 bits per heavy atom. The molecule has 0 amide bonds. The predicted molar refractivity (Wildman–Crippen MR) is 59.8 cm³/mol. The van der Waals surface area contributed by atoms with E-state index in [-0.39, 0.29) is 6.04 Å². The molecule has 0 aromatic heterocycles. The highest BCUT2D eigenvalue weighted by atomic mass is 16.5. The lowest BCUT2D eigenvalue weighted by atomic mass is 10.2. The Morgan fingerprint density at radius 2 is 2.29 bits per heavy atom. The van der Waals surface area contributed by atoms with Crippen LogP contribution in [0.5, 0.6) is 5.75 Å². The third-order valence-corrected chi connectivity index (χ3v) is 2.00. The minimum Gasteiger partial charge on any atom is -0.497 e. The summed E-state index contributed by atoms with van der Waals surface area (Å²) in [5.74, 6) is 0.871. The van der Waals surface area contributed by atoms with Gasteiger partial charge in [0.05, 0.1) is 7.11 Å². The van der Waals surface area contributed by atoms with Gasteiger partial charge in [-0.2, -0.15) is 0 Å². The molecule has 0 aliphatic rings. The Kier molecular flexibility index (Phi) is 4.26. The van der Waals surface area contributed by atoms with Crippen LogP contribution >= 0.6 is 0 Å². The van der Waals surface area contributed by atoms with Crippen LogP contribution in [0, 0.1) is 0 Å². The molecule has 0 fully saturated rings. The third kappa shape index (κ3) is 3.66. The average molecular weight is 194 g/mol. The lowest BCUT2D eigenvalue weighted by Crippen LogP contribution is -2.19. The first kappa shape index (κ1) is 10.9. The van der Waals surface area contributed by atoms with E-state index in [1.54, 1.807) is 7.11 Å². The molecule has 0 heterocycles. The van der Waals surface area contributed by atoms with Crippen molar-refractivity contribution in [1.29, 1.82) is 0 Å². The summed E-state index contributed by atoms with van der Waals surface area (Å²) in [4.78, 5) is 0. The molecule has 14 heavy (non-hydrogen) atoms. The standard InChI is InChI=1S/C11H18N2O/c1-9(12)6-7-13-10-4-3-5-11(8-10)14-2/h3-5,8-9,13H,6-7,12H2,1-2H3. The number of methoxy groups -OCH3 is 1. The molecule has 0 radical (unpaired) electrons. The van der Waals surface area contributed by atoms with Gasteiger partial charge < -0.3 is 15.8 Å². The van der Waals surface area contributed by atoms with Crippen LogP contribution in [0.15, 0.2) is 24.3 Å². The smallest absolute Gasteiger partial charge is 0.120 e. The summed E-state index contributed by atoms with van der Waals surface area (Å²) in [5.41, 5.74) is 6.72. The average Bonchev–Trinajstić information content (AvgIpc) is 2.18. The van der Waals surface area contributed by atoms with Crippen molar-refractivity contribution in [3.63, 3.8) is 0 Å². The second kappa shape index (κ2) is 5.50. The van der Waals surface area contributed by atoms with Crippen molar-refractivity contribution in [2.24, 2.45) is 5.73 Å². The van der Waals surface area contributed by atoms with Crippen LogP contribution in [0.2, 0.25) is 0 Å². The summed E-state index contributed by atoms with van der Waals surface area (Å²) >= 11 is 0. The second-order valence-electron chi connectivity index (χ2n) is 3.42. The first-order valence-electron chi connectivity index (χ1n) is 4.86. The van der Waals surface area contributed by atoms with Crippen LogP contribution in [0.3, 0.4) is 0 Å². The van der Waals surface area contributed by atoms with Crippen molar-refractivity contribution in [2.75, 3.05) is 19.0 Å². The second-order valence-corrected chi connectivity index (χ2v) is 3.42. The molecular formula is C11H18N2O. The zero-order valence-electron chi connectivity index (χ0n) is 8.79. The molecule has 0 spiro atoms. The SMILES string of the molecule is COc1cccc(NCCC(C)N)c1. The van der Waals surface area contributed by atoms with Gasteiger partial charge in [0, 0.05) is 24.3 Å². The van der Waals surface area contributed by atoms with E-state index in [2.05, 4.69) is 5.32 Å². The van der Waals surface area contributed by atoms with E-state index in [1.807, 2.05) is 31.2 Å². The van der Waals surface area contributed by atoms with Crippen LogP contribution in [0.4, 0.5) is 5.69 Å². The molecule has 1 unspecified atom stereocenters. The molecule has 1 rings (SSSR count). The van der Waals surface area contributed by atoms with Crippen molar-refractivity contribution < 1.29 is 4.74 Å². The van der Waals surface area contributed by atoms with Crippen molar-refractivity contribution in [3.05, 3.63) is 24.3 Å². The Bertz CT molecular complexity index is 274. The van der Waals surface area contributed by atoms with Crippen molar-refractivity contribution in [1.82, 2.24) is 0 Å². The van der Waals surface area contributed by atoms with Crippen LogP contribution in [0.1, 0.15) is 13.3 Å². The first-order chi connectivity index (χ1) is 6.72. The fourth-order valence-electron chi connectivity index (χ4n) is 1.18. The molecule has 78 valence electrons. The normalized spacial score (nSPS) is 12.2. The van der Waals surface area contributed by atoms with Gasteiger partial charge in [-0.15, -0.1) is 0 Å². The highest BCUT2D eigenvalue weighted by Gasteiger charge is 1.96. The molecule has 0 aliphatic carbocycles. The highest BCUT2D eigenvalue weighted by Crippen LogP contribution is 2.16. The van der Waals surface area contributed by atoms with Gasteiger partial charge in [0.15, 0.2) is 0 Å². The Hall–Kier alpha value is -1.22. The summed E-state index contributed by atoms with van der Waals surface area (Å²) in [5, 5.41) is 3.29. The minimum absolute atomic E-state index is 0.244. The number of anilines is 1. The Labute approximate surface area is 85.3 Å². The van der Waals surface area contributed by atoms with Crippen LogP contribution in [0.25, 0.3) is 0 Å². The molecular weight excluding hydrogens is 176 g/mol. The lowest BCUT2D eigenvalue weighted by molar-refractivity contribution is 0.415. The predicted octanol–water partition coefficient (Wildman–Crippen LogP) is 1.84. The van der Waals surface area contributed by atoms with E-state index in [0.717, 1.165) is 24.4 Å². The Balaban J connectivity index is 2.42. The number of hydrogen-bond donors (Lipinski definition) is 2. The number of benzene rings is 1. The van der Waals surface area contributed by atoms with E-state index in [0.29, 0.717) is 0 Å². The molecule has 1 atom stereocenters. The number of nitrogens with two attached hydrogens (primary N) is 1. The number of nitrogens with one attached hydrogen (secondary N) is 1. The van der Waals surface area contributed by atoms with Crippen LogP contribution in [-0.4, -0.2) is 19.7 Å². The maximum Gasteiger partial charge on any atom is 0.120 e. The molecule has 3 heteroatoms. The highest BCUT2D eigenvalue weighted by molar-refractivity contribution is 5.47. The zero-order chi connectivity index (χ0) is 10.4. The molecule has 3 N–H and O–H groups in total. The van der Waals surface area contributed by atoms with Gasteiger partial charge >= 0.3 is 0 Å². The molecule has 0 aliphatic heterocycles. The van der Waals surface area contributed by atoms with Gasteiger partial charge in [-0.3, -0.25) is 0 Å². The summed E-state index contributed by atoms with van der Waals surface area (Å²) in [6, 6.07) is 8.13. The summed E-state index contributed by atoms with van der Waals surface area (Å²) in [6.07, 6.45) is 0.969. The monoisotopic (exact) mass is 194 g/mol. The third-order valence-electron chi connectivity index (χ3n) is 2.00. The number of hydrogen-bond acceptors (Lipinski definition) is 3. The van der Waals surface area contributed by atoms with Gasteiger partial charge in [-0.05, 0) is 25.5 Å². The van der Waals surface area contributed by atoms with Gasteiger partial charge in [0.25, 0.3) is 0 Å². The van der Waals surface area contributed by atoms with E-state index in [9.17, 15) is 0 Å². The summed E-state index contributed by atoms with van der Waals surface area (Å²) in [7, 11) is 1.67. The molecule has 0 bridgehead atoms. The van der Waals surface area contributed by atoms with E-state index in [4.69, 9.17) is 10.5 Å². The molecule has 0 saturated carbocycles. The fourth-order valence-corrected chi connectivity index (χ4v) is 1.18. The van der Waals surface area contributed by atoms with Gasteiger partial charge in [-0.1, -0.05) is 6.07 Å². The van der Waals surface area contributed by atoms with Crippen molar-refractivity contribution >= 4 is 5.69 Å². The topological polar surface area (TPSA) is 47.3 Å². The lowest BCUT2D eigenvalue weighted by Gasteiger charge is -2.09. The minimum atomic E-state index is 0.244.